The van der Waals surface area contributed by atoms with Crippen molar-refractivity contribution in [3.05, 3.63) is 0 Å². The maximum absolute atomic E-state index is 12.8. The van der Waals surface area contributed by atoms with E-state index < -0.39 is 254 Å². The van der Waals surface area contributed by atoms with E-state index in [1.807, 2.05) is 0 Å². The minimum atomic E-state index is -2.36. The van der Waals surface area contributed by atoms with E-state index in [1.54, 1.807) is 0 Å². The molecule has 6 aliphatic heterocycles. The highest BCUT2D eigenvalue weighted by Crippen LogP contribution is 2.37. The van der Waals surface area contributed by atoms with Gasteiger partial charge in [0.1, 0.15) is 159 Å². The van der Waals surface area contributed by atoms with Crippen molar-refractivity contribution in [3.63, 3.8) is 0 Å². The number of nitrogens with one attached hydrogen (secondary N) is 1. The van der Waals surface area contributed by atoms with Crippen molar-refractivity contribution < 1.29 is 169 Å². The van der Waals surface area contributed by atoms with E-state index in [-0.39, 0.29) is 0 Å². The van der Waals surface area contributed by atoms with Gasteiger partial charge < -0.3 is 169 Å². The van der Waals surface area contributed by atoms with Crippen LogP contribution >= 0.6 is 0 Å². The Kier molecular flexibility index (Phi) is 24.2. The van der Waals surface area contributed by atoms with Gasteiger partial charge >= 0.3 is 0 Å². The van der Waals surface area contributed by atoms with E-state index in [9.17, 15) is 112 Å². The Bertz CT molecular complexity index is 1860. The standard InChI is InChI=1S/C44H77NO34/c1-10-20(54)26(60)31(65)40(69-10)78-37-28(62)23(57)15(6-48)71-43(37)76-35-17(8-50)73-39(19(25(35)59)45-12(3)51)68-9-18-36(30(64)33(67)42(74-18)75-34(14(53)5-47)22(56)13(52)4-46)77-44-38(29(63)24(58)16(7-49)72-44)79-41-32(66)27(61)21(55)11(2)70-41/h10-11,13-44,46-50,52-67H,4-9H2,1-3H3,(H,45,51)/t10-,11-,13-,14+,15+,16+,17+,18+,19+,20+,21+,22+,23-,24-,25+,26+,27+,28-,29-,30+,31-,32-,33+,34+,35+,36-,37+,38+,39+,40-,41-,42-,43-,44-/m0/s1. The van der Waals surface area contributed by atoms with E-state index in [2.05, 4.69) is 5.32 Å². The van der Waals surface area contributed by atoms with Crippen molar-refractivity contribution >= 4 is 5.91 Å². The highest BCUT2D eigenvalue weighted by atomic mass is 16.8. The molecule has 0 aromatic carbocycles. The molecule has 462 valence electrons. The van der Waals surface area contributed by atoms with E-state index >= 15 is 0 Å². The molecule has 6 heterocycles. The summed E-state index contributed by atoms with van der Waals surface area (Å²) < 4.78 is 69.5. The lowest BCUT2D eigenvalue weighted by molar-refractivity contribution is -0.394. The number of hydrogen-bond acceptors (Lipinski definition) is 34. The number of aliphatic hydroxyl groups is 21. The third kappa shape index (κ3) is 14.6. The molecule has 34 atom stereocenters. The Balaban J connectivity index is 1.31. The summed E-state index contributed by atoms with van der Waals surface area (Å²) in [5.41, 5.74) is 0. The van der Waals surface area contributed by atoms with Crippen molar-refractivity contribution in [1.82, 2.24) is 5.32 Å². The molecular weight excluding hydrogens is 1090 g/mol. The molecule has 0 aliphatic carbocycles. The van der Waals surface area contributed by atoms with Crippen molar-refractivity contribution in [2.75, 3.05) is 39.6 Å². The molecule has 0 saturated carbocycles. The summed E-state index contributed by atoms with van der Waals surface area (Å²) in [4.78, 5) is 12.8. The number of amides is 1. The van der Waals surface area contributed by atoms with Crippen molar-refractivity contribution in [2.24, 2.45) is 0 Å². The van der Waals surface area contributed by atoms with Gasteiger partial charge in [-0.15, -0.1) is 0 Å². The van der Waals surface area contributed by atoms with Crippen molar-refractivity contribution in [1.29, 1.82) is 0 Å². The van der Waals surface area contributed by atoms with Gasteiger partial charge in [-0.3, -0.25) is 4.79 Å². The average molecular weight is 1160 g/mol. The number of aliphatic hydroxyl groups excluding tert-OH is 21. The van der Waals surface area contributed by atoms with Gasteiger partial charge in [-0.1, -0.05) is 0 Å². The topological polar surface area (TPSA) is 565 Å². The Morgan fingerprint density at radius 3 is 1.25 bits per heavy atom. The SMILES string of the molecule is CC(=O)N[C@H]1[C@H](OC[C@H]2O[C@@H](O[C@@H]([C@H](O)[C@@H](O)CO)[C@H](O)CO)[C@H](O)[C@@H](O)[C@H]2O[C@@H]2O[C@H](CO)[C@H](O)[C@H](O)[C@H]2O[C@@H]2O[C@@H](C)[C@@H](O)[C@@H](O)[C@@H]2O)O[C@H](CO)[C@@H](O[C@@H]2O[C@H](CO)[C@H](O)[C@H](O)[C@H]2O[C@@H]2O[C@@H](C)[C@@H](O)[C@@H](O)[C@@H]2O)[C@@H]1O. The van der Waals surface area contributed by atoms with Crippen LogP contribution in [0.25, 0.3) is 0 Å². The first-order valence-electron chi connectivity index (χ1n) is 25.3. The van der Waals surface area contributed by atoms with Crippen LogP contribution in [-0.4, -0.2) is 361 Å². The first-order chi connectivity index (χ1) is 37.2. The molecule has 1 amide bonds. The van der Waals surface area contributed by atoms with Gasteiger partial charge in [0.25, 0.3) is 0 Å². The molecule has 6 aliphatic rings. The molecule has 6 saturated heterocycles. The maximum atomic E-state index is 12.8. The van der Waals surface area contributed by atoms with Crippen LogP contribution in [0, 0.1) is 0 Å². The Labute approximate surface area is 448 Å². The van der Waals surface area contributed by atoms with Crippen molar-refractivity contribution in [3.8, 4) is 0 Å². The summed E-state index contributed by atoms with van der Waals surface area (Å²) in [5, 5.41) is 227. The summed E-state index contributed by atoms with van der Waals surface area (Å²) in [5.74, 6) is -0.878. The zero-order valence-electron chi connectivity index (χ0n) is 42.6. The Hall–Kier alpha value is -1.85. The molecular formula is C44H77NO34. The molecule has 0 aromatic heterocycles. The molecule has 35 heteroatoms. The Morgan fingerprint density at radius 2 is 0.823 bits per heavy atom. The quantitative estimate of drug-likeness (QED) is 0.0479. The van der Waals surface area contributed by atoms with Gasteiger partial charge in [-0.2, -0.15) is 0 Å². The fraction of sp³-hybridized carbons (Fsp3) is 0.977. The van der Waals surface area contributed by atoms with Gasteiger partial charge in [-0.25, -0.2) is 0 Å². The van der Waals surface area contributed by atoms with Crippen molar-refractivity contribution in [2.45, 2.75) is 229 Å². The van der Waals surface area contributed by atoms with E-state index in [4.69, 9.17) is 56.8 Å². The number of carbonyl (C=O) groups excluding carboxylic acids is 1. The number of ether oxygens (including phenoxy) is 12. The number of hydrogen-bond donors (Lipinski definition) is 22. The fourth-order valence-corrected chi connectivity index (χ4v) is 9.75. The zero-order valence-corrected chi connectivity index (χ0v) is 42.6. The van der Waals surface area contributed by atoms with E-state index in [0.29, 0.717) is 0 Å². The van der Waals surface area contributed by atoms with Crippen LogP contribution in [0.3, 0.4) is 0 Å². The second-order valence-electron chi connectivity index (χ2n) is 20.1. The van der Waals surface area contributed by atoms with Gasteiger partial charge in [0.2, 0.25) is 5.91 Å². The average Bonchev–Trinajstić information content (AvgIpc) is 3.51. The van der Waals surface area contributed by atoms with Crippen LogP contribution in [0.15, 0.2) is 0 Å². The summed E-state index contributed by atoms with van der Waals surface area (Å²) in [7, 11) is 0. The molecule has 79 heavy (non-hydrogen) atoms. The largest absolute Gasteiger partial charge is 0.394 e. The van der Waals surface area contributed by atoms with Gasteiger partial charge in [0.05, 0.1) is 51.8 Å². The lowest BCUT2D eigenvalue weighted by Crippen LogP contribution is -2.69. The summed E-state index contributed by atoms with van der Waals surface area (Å²) in [6.07, 6.45) is -63.9. The highest BCUT2D eigenvalue weighted by molar-refractivity contribution is 5.73. The first kappa shape index (κ1) is 66.3. The minimum Gasteiger partial charge on any atom is -0.394 e. The van der Waals surface area contributed by atoms with E-state index in [0.717, 1.165) is 6.92 Å². The monoisotopic (exact) mass is 1160 g/mol. The third-order valence-electron chi connectivity index (χ3n) is 14.5. The normalized spacial score (nSPS) is 48.7. The van der Waals surface area contributed by atoms with E-state index in [1.165, 1.54) is 13.8 Å². The molecule has 22 N–H and O–H groups in total. The summed E-state index contributed by atoms with van der Waals surface area (Å²) in [6.45, 7) is -2.80. The molecule has 0 radical (unpaired) electrons. The van der Waals surface area contributed by atoms with Crippen LogP contribution in [-0.2, 0) is 61.6 Å². The molecule has 0 unspecified atom stereocenters. The van der Waals surface area contributed by atoms with Gasteiger partial charge in [-0.05, 0) is 13.8 Å². The highest BCUT2D eigenvalue weighted by Gasteiger charge is 2.58. The molecule has 35 nitrogen and oxygen atoms in total. The minimum absolute atomic E-state index is 0.878. The lowest BCUT2D eigenvalue weighted by atomic mass is 9.95. The Morgan fingerprint density at radius 1 is 0.430 bits per heavy atom. The van der Waals surface area contributed by atoms with Crippen LogP contribution in [0.5, 0.6) is 0 Å². The summed E-state index contributed by atoms with van der Waals surface area (Å²) in [6, 6.07) is -1.80. The zero-order chi connectivity index (χ0) is 58.6. The molecule has 0 aromatic rings. The number of carbonyl (C=O) groups is 1. The molecule has 0 bridgehead atoms. The predicted molar refractivity (Wildman–Crippen MR) is 243 cm³/mol. The van der Waals surface area contributed by atoms with Crippen LogP contribution in [0.2, 0.25) is 0 Å². The van der Waals surface area contributed by atoms with Crippen LogP contribution in [0.1, 0.15) is 20.8 Å². The third-order valence-corrected chi connectivity index (χ3v) is 14.5. The number of rotatable bonds is 22. The van der Waals surface area contributed by atoms with Gasteiger partial charge in [0, 0.05) is 6.92 Å². The van der Waals surface area contributed by atoms with Crippen LogP contribution in [0.4, 0.5) is 0 Å². The second kappa shape index (κ2) is 28.8. The van der Waals surface area contributed by atoms with Crippen LogP contribution < -0.4 is 5.32 Å². The first-order valence-corrected chi connectivity index (χ1v) is 25.3. The van der Waals surface area contributed by atoms with Gasteiger partial charge in [0.15, 0.2) is 37.7 Å². The lowest BCUT2D eigenvalue weighted by Gasteiger charge is -2.50. The molecule has 0 spiro atoms. The summed E-state index contributed by atoms with van der Waals surface area (Å²) >= 11 is 0. The molecule has 6 fully saturated rings. The maximum Gasteiger partial charge on any atom is 0.217 e. The smallest absolute Gasteiger partial charge is 0.217 e. The molecule has 6 rings (SSSR count). The fourth-order valence-electron chi connectivity index (χ4n) is 9.75. The predicted octanol–water partition coefficient (Wildman–Crippen LogP) is -14.4. The second-order valence-corrected chi connectivity index (χ2v) is 20.1.